The van der Waals surface area contributed by atoms with Crippen LogP contribution in [-0.2, 0) is 11.3 Å². The Balaban J connectivity index is 2.04. The van der Waals surface area contributed by atoms with Crippen LogP contribution in [0.3, 0.4) is 0 Å². The van der Waals surface area contributed by atoms with E-state index in [-0.39, 0.29) is 5.91 Å². The summed E-state index contributed by atoms with van der Waals surface area (Å²) in [6.45, 7) is 4.57. The molecule has 1 amide bonds. The summed E-state index contributed by atoms with van der Waals surface area (Å²) in [6.07, 6.45) is 3.16. The highest BCUT2D eigenvalue weighted by Crippen LogP contribution is 2.36. The average Bonchev–Trinajstić information content (AvgIpc) is 2.58. The van der Waals surface area contributed by atoms with Crippen LogP contribution in [0.15, 0.2) is 36.4 Å². The summed E-state index contributed by atoms with van der Waals surface area (Å²) >= 11 is 6.16. The first-order chi connectivity index (χ1) is 11.9. The number of methoxy groups -OCH3 is 2. The van der Waals surface area contributed by atoms with Crippen molar-refractivity contribution in [2.45, 2.75) is 20.4 Å². The average molecular weight is 360 g/mol. The van der Waals surface area contributed by atoms with E-state index in [2.05, 4.69) is 11.4 Å². The van der Waals surface area contributed by atoms with Gasteiger partial charge in [0.05, 0.1) is 19.2 Å². The largest absolute Gasteiger partial charge is 0.493 e. The SMILES string of the molecule is COc1cc(/C=C/C(=O)NCc2ccc(C)cc2C)cc(Cl)c1OC. The first-order valence-corrected chi connectivity index (χ1v) is 8.26. The molecule has 0 aliphatic rings. The Morgan fingerprint density at radius 3 is 2.56 bits per heavy atom. The normalized spacial score (nSPS) is 10.8. The number of ether oxygens (including phenoxy) is 2. The van der Waals surface area contributed by atoms with Crippen LogP contribution in [-0.4, -0.2) is 20.1 Å². The molecule has 0 spiro atoms. The molecule has 0 aliphatic heterocycles. The van der Waals surface area contributed by atoms with E-state index in [9.17, 15) is 4.79 Å². The third-order valence-corrected chi connectivity index (χ3v) is 4.11. The molecular weight excluding hydrogens is 338 g/mol. The molecule has 0 aromatic heterocycles. The molecule has 0 aliphatic carbocycles. The molecule has 0 atom stereocenters. The molecule has 1 N–H and O–H groups in total. The summed E-state index contributed by atoms with van der Waals surface area (Å²) < 4.78 is 10.4. The Hall–Kier alpha value is -2.46. The minimum Gasteiger partial charge on any atom is -0.493 e. The topological polar surface area (TPSA) is 47.6 Å². The molecule has 0 radical (unpaired) electrons. The number of hydrogen-bond donors (Lipinski definition) is 1. The van der Waals surface area contributed by atoms with Gasteiger partial charge in [-0.05, 0) is 48.7 Å². The minimum absolute atomic E-state index is 0.175. The lowest BCUT2D eigenvalue weighted by atomic mass is 10.1. The molecular formula is C20H22ClNO3. The molecule has 0 heterocycles. The minimum atomic E-state index is -0.175. The van der Waals surface area contributed by atoms with Gasteiger partial charge in [-0.1, -0.05) is 35.4 Å². The number of hydrogen-bond acceptors (Lipinski definition) is 3. The van der Waals surface area contributed by atoms with Gasteiger partial charge >= 0.3 is 0 Å². The van der Waals surface area contributed by atoms with Gasteiger partial charge in [0, 0.05) is 12.6 Å². The zero-order valence-corrected chi connectivity index (χ0v) is 15.6. The van der Waals surface area contributed by atoms with E-state index in [1.54, 1.807) is 18.2 Å². The maximum absolute atomic E-state index is 12.0. The zero-order chi connectivity index (χ0) is 18.4. The quantitative estimate of drug-likeness (QED) is 0.782. The maximum atomic E-state index is 12.0. The van der Waals surface area contributed by atoms with Crippen molar-refractivity contribution in [3.05, 3.63) is 63.7 Å². The van der Waals surface area contributed by atoms with Crippen LogP contribution in [0, 0.1) is 13.8 Å². The number of carbonyl (C=O) groups excluding carboxylic acids is 1. The molecule has 0 saturated heterocycles. The van der Waals surface area contributed by atoms with E-state index in [1.165, 1.54) is 25.9 Å². The van der Waals surface area contributed by atoms with Crippen LogP contribution in [0.5, 0.6) is 11.5 Å². The van der Waals surface area contributed by atoms with E-state index >= 15 is 0 Å². The molecule has 0 saturated carbocycles. The summed E-state index contributed by atoms with van der Waals surface area (Å²) in [5, 5.41) is 3.31. The van der Waals surface area contributed by atoms with E-state index in [0.717, 1.165) is 16.7 Å². The fourth-order valence-electron chi connectivity index (χ4n) is 2.49. The second kappa shape index (κ2) is 8.58. The number of carbonyl (C=O) groups is 1. The van der Waals surface area contributed by atoms with Gasteiger partial charge in [0.15, 0.2) is 11.5 Å². The predicted octanol–water partition coefficient (Wildman–Crippen LogP) is 4.30. The number of nitrogens with one attached hydrogen (secondary N) is 1. The first-order valence-electron chi connectivity index (χ1n) is 7.88. The van der Waals surface area contributed by atoms with Gasteiger partial charge in [-0.2, -0.15) is 0 Å². The van der Waals surface area contributed by atoms with Crippen molar-refractivity contribution in [1.29, 1.82) is 0 Å². The third kappa shape index (κ3) is 5.00. The molecule has 0 bridgehead atoms. The lowest BCUT2D eigenvalue weighted by Crippen LogP contribution is -2.20. The highest BCUT2D eigenvalue weighted by Gasteiger charge is 2.10. The van der Waals surface area contributed by atoms with Crippen molar-refractivity contribution < 1.29 is 14.3 Å². The Morgan fingerprint density at radius 2 is 1.92 bits per heavy atom. The van der Waals surface area contributed by atoms with E-state index in [0.29, 0.717) is 23.1 Å². The summed E-state index contributed by atoms with van der Waals surface area (Å²) in [7, 11) is 3.07. The van der Waals surface area contributed by atoms with Gasteiger partial charge in [-0.3, -0.25) is 4.79 Å². The lowest BCUT2D eigenvalue weighted by molar-refractivity contribution is -0.116. The summed E-state index contributed by atoms with van der Waals surface area (Å²) in [6, 6.07) is 9.65. The zero-order valence-electron chi connectivity index (χ0n) is 14.9. The van der Waals surface area contributed by atoms with Crippen molar-refractivity contribution in [2.75, 3.05) is 14.2 Å². The monoisotopic (exact) mass is 359 g/mol. The molecule has 2 aromatic carbocycles. The standard InChI is InChI=1S/C20H22ClNO3/c1-13-5-7-16(14(2)9-13)12-22-19(23)8-6-15-10-17(21)20(25-4)18(11-15)24-3/h5-11H,12H2,1-4H3,(H,22,23)/b8-6+. The molecule has 2 aromatic rings. The Bertz CT molecular complexity index is 800. The Kier molecular flexibility index (Phi) is 6.48. The van der Waals surface area contributed by atoms with Gasteiger partial charge < -0.3 is 14.8 Å². The fraction of sp³-hybridized carbons (Fsp3) is 0.250. The molecule has 2 rings (SSSR count). The number of benzene rings is 2. The molecule has 25 heavy (non-hydrogen) atoms. The molecule has 0 fully saturated rings. The number of rotatable bonds is 6. The van der Waals surface area contributed by atoms with Crippen molar-refractivity contribution in [1.82, 2.24) is 5.32 Å². The fourth-order valence-corrected chi connectivity index (χ4v) is 2.79. The highest BCUT2D eigenvalue weighted by molar-refractivity contribution is 6.32. The summed E-state index contributed by atoms with van der Waals surface area (Å²) in [5.74, 6) is 0.817. The van der Waals surface area contributed by atoms with Gasteiger partial charge in [-0.15, -0.1) is 0 Å². The maximum Gasteiger partial charge on any atom is 0.244 e. The van der Waals surface area contributed by atoms with Crippen molar-refractivity contribution in [3.8, 4) is 11.5 Å². The number of amides is 1. The Morgan fingerprint density at radius 1 is 1.16 bits per heavy atom. The second-order valence-electron chi connectivity index (χ2n) is 5.72. The molecule has 0 unspecified atom stereocenters. The van der Waals surface area contributed by atoms with E-state index in [4.69, 9.17) is 21.1 Å². The molecule has 5 heteroatoms. The van der Waals surface area contributed by atoms with Crippen LogP contribution in [0.2, 0.25) is 5.02 Å². The van der Waals surface area contributed by atoms with E-state index < -0.39 is 0 Å². The van der Waals surface area contributed by atoms with Crippen LogP contribution in [0.4, 0.5) is 0 Å². The number of halogens is 1. The lowest BCUT2D eigenvalue weighted by Gasteiger charge is -2.10. The molecule has 132 valence electrons. The van der Waals surface area contributed by atoms with Gasteiger partial charge in [0.25, 0.3) is 0 Å². The van der Waals surface area contributed by atoms with Gasteiger partial charge in [-0.25, -0.2) is 0 Å². The Labute approximate surface area is 153 Å². The van der Waals surface area contributed by atoms with Crippen molar-refractivity contribution in [2.24, 2.45) is 0 Å². The smallest absolute Gasteiger partial charge is 0.244 e. The van der Waals surface area contributed by atoms with Crippen LogP contribution >= 0.6 is 11.6 Å². The van der Waals surface area contributed by atoms with Crippen LogP contribution in [0.25, 0.3) is 6.08 Å². The predicted molar refractivity (Wildman–Crippen MR) is 101 cm³/mol. The summed E-state index contributed by atoms with van der Waals surface area (Å²) in [4.78, 5) is 12.0. The van der Waals surface area contributed by atoms with Gasteiger partial charge in [0.2, 0.25) is 5.91 Å². The van der Waals surface area contributed by atoms with Crippen molar-refractivity contribution in [3.63, 3.8) is 0 Å². The number of aryl methyl sites for hydroxylation is 2. The summed E-state index contributed by atoms with van der Waals surface area (Å²) in [5.41, 5.74) is 4.22. The highest BCUT2D eigenvalue weighted by atomic mass is 35.5. The van der Waals surface area contributed by atoms with Gasteiger partial charge in [0.1, 0.15) is 0 Å². The first kappa shape index (κ1) is 18.9. The third-order valence-electron chi connectivity index (χ3n) is 3.83. The van der Waals surface area contributed by atoms with Crippen molar-refractivity contribution >= 4 is 23.6 Å². The van der Waals surface area contributed by atoms with E-state index in [1.807, 2.05) is 26.0 Å². The van der Waals surface area contributed by atoms with Crippen LogP contribution < -0.4 is 14.8 Å². The van der Waals surface area contributed by atoms with Crippen LogP contribution in [0.1, 0.15) is 22.3 Å². The molecule has 4 nitrogen and oxygen atoms in total. The second-order valence-corrected chi connectivity index (χ2v) is 6.13.